The molecule has 0 bridgehead atoms. The first-order valence-electron chi connectivity index (χ1n) is 9.96. The second-order valence-electron chi connectivity index (χ2n) is 6.48. The molecule has 3 heterocycles. The fourth-order valence-electron chi connectivity index (χ4n) is 3.38. The molecule has 1 saturated heterocycles. The summed E-state index contributed by atoms with van der Waals surface area (Å²) in [5.74, 6) is -0.218. The number of benzene rings is 1. The van der Waals surface area contributed by atoms with Gasteiger partial charge < -0.3 is 10.2 Å². The number of hydrogen-bond acceptors (Lipinski definition) is 5. The van der Waals surface area contributed by atoms with E-state index in [0.29, 0.717) is 5.56 Å². The molecule has 1 aromatic heterocycles. The van der Waals surface area contributed by atoms with Crippen molar-refractivity contribution in [2.75, 3.05) is 24.2 Å². The Morgan fingerprint density at radius 3 is 2.59 bits per heavy atom. The molecule has 1 unspecified atom stereocenters. The van der Waals surface area contributed by atoms with E-state index in [9.17, 15) is 4.39 Å². The van der Waals surface area contributed by atoms with Crippen molar-refractivity contribution >= 4 is 28.2 Å². The molecule has 4 rings (SSSR count). The van der Waals surface area contributed by atoms with E-state index in [4.69, 9.17) is 4.98 Å². The summed E-state index contributed by atoms with van der Waals surface area (Å²) in [4.78, 5) is 8.32. The Morgan fingerprint density at radius 1 is 1.17 bits per heavy atom. The summed E-state index contributed by atoms with van der Waals surface area (Å²) in [7, 11) is 0. The Bertz CT molecular complexity index is 838. The van der Waals surface area contributed by atoms with Gasteiger partial charge in [-0.15, -0.1) is 11.8 Å². The van der Waals surface area contributed by atoms with Gasteiger partial charge in [-0.2, -0.15) is 0 Å². The van der Waals surface area contributed by atoms with E-state index in [0.717, 1.165) is 33.8 Å². The molecule has 1 fully saturated rings. The summed E-state index contributed by atoms with van der Waals surface area (Å²) in [5.41, 5.74) is 1.34. The number of aromatic nitrogens is 1. The summed E-state index contributed by atoms with van der Waals surface area (Å²) in [6.45, 7) is 6.07. The van der Waals surface area contributed by atoms with Gasteiger partial charge in [0.05, 0.1) is 21.6 Å². The molecule has 6 heteroatoms. The highest BCUT2D eigenvalue weighted by molar-refractivity contribution is 8.02. The first-order valence-corrected chi connectivity index (χ1v) is 12.0. The van der Waals surface area contributed by atoms with Crippen LogP contribution >= 0.6 is 23.1 Å². The van der Waals surface area contributed by atoms with Gasteiger partial charge >= 0.3 is 0 Å². The van der Waals surface area contributed by atoms with Crippen LogP contribution in [-0.4, -0.2) is 24.3 Å². The highest BCUT2D eigenvalue weighted by atomic mass is 32.2. The van der Waals surface area contributed by atoms with Crippen LogP contribution in [-0.2, 0) is 0 Å². The van der Waals surface area contributed by atoms with Crippen LogP contribution in [0, 0.1) is 5.82 Å². The molecule has 1 atom stereocenters. The topological polar surface area (TPSA) is 28.2 Å². The SMILES string of the molecule is C.CC.CSC1=CC=CC(c2sc(N3CCCCC3)nc2-c2ccccc2F)N1. The van der Waals surface area contributed by atoms with Gasteiger partial charge in [0, 0.05) is 18.7 Å². The first-order chi connectivity index (χ1) is 13.8. The predicted octanol–water partition coefficient (Wildman–Crippen LogP) is 7.01. The molecule has 0 saturated carbocycles. The Kier molecular flexibility index (Phi) is 9.24. The largest absolute Gasteiger partial charge is 0.369 e. The second kappa shape index (κ2) is 11.4. The monoisotopic (exact) mass is 433 g/mol. The lowest BCUT2D eigenvalue weighted by molar-refractivity contribution is 0.577. The van der Waals surface area contributed by atoms with Gasteiger partial charge in [0.25, 0.3) is 0 Å². The maximum Gasteiger partial charge on any atom is 0.186 e. The number of thiazole rings is 1. The zero-order chi connectivity index (χ0) is 19.9. The smallest absolute Gasteiger partial charge is 0.186 e. The number of dihydropyridines is 1. The van der Waals surface area contributed by atoms with Crippen molar-refractivity contribution in [1.82, 2.24) is 10.3 Å². The number of rotatable bonds is 4. The summed E-state index contributed by atoms with van der Waals surface area (Å²) in [5, 5.41) is 5.66. The van der Waals surface area contributed by atoms with Crippen molar-refractivity contribution in [3.8, 4) is 11.3 Å². The normalized spacial score (nSPS) is 18.1. The molecule has 2 aliphatic rings. The van der Waals surface area contributed by atoms with Crippen molar-refractivity contribution < 1.29 is 4.39 Å². The highest BCUT2D eigenvalue weighted by Crippen LogP contribution is 2.40. The fraction of sp³-hybridized carbons (Fsp3) is 0.435. The second-order valence-corrected chi connectivity index (χ2v) is 8.34. The summed E-state index contributed by atoms with van der Waals surface area (Å²) in [6, 6.07) is 6.96. The number of nitrogens with one attached hydrogen (secondary N) is 1. The van der Waals surface area contributed by atoms with E-state index in [1.54, 1.807) is 29.2 Å². The third-order valence-electron chi connectivity index (χ3n) is 4.75. The summed E-state index contributed by atoms with van der Waals surface area (Å²) in [6.07, 6.45) is 12.0. The molecule has 2 aliphatic heterocycles. The molecule has 0 amide bonds. The molecular formula is C23H32FN3S2. The molecule has 1 aromatic carbocycles. The summed E-state index contributed by atoms with van der Waals surface area (Å²) < 4.78 is 14.5. The molecule has 3 nitrogen and oxygen atoms in total. The number of piperidine rings is 1. The molecule has 0 aliphatic carbocycles. The van der Waals surface area contributed by atoms with Gasteiger partial charge in [0.15, 0.2) is 5.13 Å². The minimum absolute atomic E-state index is 0. The van der Waals surface area contributed by atoms with Gasteiger partial charge in [-0.3, -0.25) is 0 Å². The minimum atomic E-state index is -0.218. The van der Waals surface area contributed by atoms with Gasteiger partial charge in [-0.05, 0) is 43.7 Å². The molecule has 29 heavy (non-hydrogen) atoms. The third-order valence-corrected chi connectivity index (χ3v) is 6.64. The first kappa shape index (κ1) is 23.5. The summed E-state index contributed by atoms with van der Waals surface area (Å²) >= 11 is 3.37. The fourth-order valence-corrected chi connectivity index (χ4v) is 5.00. The molecule has 2 aromatic rings. The number of halogens is 1. The van der Waals surface area contributed by atoms with Crippen LogP contribution in [0.1, 0.15) is 51.5 Å². The van der Waals surface area contributed by atoms with E-state index < -0.39 is 0 Å². The number of hydrogen-bond donors (Lipinski definition) is 1. The predicted molar refractivity (Wildman–Crippen MR) is 128 cm³/mol. The lowest BCUT2D eigenvalue weighted by atomic mass is 10.1. The standard InChI is InChI=1S/C20H22FN3S2.C2H6.CH4/c1-25-17-11-7-10-16(22-17)19-18(14-8-3-4-9-15(14)21)23-20(26-19)24-12-5-2-6-13-24;1-2;/h3-4,7-11,16,22H,2,5-6,12-13H2,1H3;1-2H3;1H4. The van der Waals surface area contributed by atoms with Crippen LogP contribution in [0.15, 0.2) is 47.5 Å². The van der Waals surface area contributed by atoms with Crippen molar-refractivity contribution in [3.63, 3.8) is 0 Å². The van der Waals surface area contributed by atoms with Gasteiger partial charge in [0.1, 0.15) is 5.82 Å². The van der Waals surface area contributed by atoms with E-state index in [2.05, 4.69) is 34.7 Å². The third kappa shape index (κ3) is 5.43. The average molecular weight is 434 g/mol. The number of allylic oxidation sites excluding steroid dienone is 2. The maximum absolute atomic E-state index is 14.5. The Morgan fingerprint density at radius 2 is 1.90 bits per heavy atom. The van der Waals surface area contributed by atoms with Crippen LogP contribution in [0.5, 0.6) is 0 Å². The van der Waals surface area contributed by atoms with Crippen LogP contribution in [0.25, 0.3) is 11.3 Å². The van der Waals surface area contributed by atoms with Crippen LogP contribution in [0.4, 0.5) is 9.52 Å². The van der Waals surface area contributed by atoms with Gasteiger partial charge in [-0.25, -0.2) is 9.37 Å². The molecule has 1 N–H and O–H groups in total. The quantitative estimate of drug-likeness (QED) is 0.561. The van der Waals surface area contributed by atoms with E-state index in [1.807, 2.05) is 26.0 Å². The zero-order valence-corrected chi connectivity index (χ0v) is 18.4. The van der Waals surface area contributed by atoms with Crippen LogP contribution < -0.4 is 10.2 Å². The van der Waals surface area contributed by atoms with Crippen molar-refractivity contribution in [3.05, 3.63) is 58.2 Å². The highest BCUT2D eigenvalue weighted by Gasteiger charge is 2.25. The van der Waals surface area contributed by atoms with E-state index in [1.165, 1.54) is 25.3 Å². The van der Waals surface area contributed by atoms with Crippen molar-refractivity contribution in [2.24, 2.45) is 0 Å². The molecule has 158 valence electrons. The zero-order valence-electron chi connectivity index (χ0n) is 16.7. The van der Waals surface area contributed by atoms with Crippen molar-refractivity contribution in [2.45, 2.75) is 46.6 Å². The Balaban J connectivity index is 0.000000970. The lowest BCUT2D eigenvalue weighted by Crippen LogP contribution is -2.29. The Hall–Kier alpha value is -1.79. The Labute approximate surface area is 183 Å². The van der Waals surface area contributed by atoms with Gasteiger partial charge in [0.2, 0.25) is 0 Å². The number of thioether (sulfide) groups is 1. The number of nitrogens with zero attached hydrogens (tertiary/aromatic N) is 2. The molecular weight excluding hydrogens is 401 g/mol. The van der Waals surface area contributed by atoms with E-state index >= 15 is 0 Å². The van der Waals surface area contributed by atoms with Crippen LogP contribution in [0.2, 0.25) is 0 Å². The van der Waals surface area contributed by atoms with E-state index in [-0.39, 0.29) is 19.3 Å². The lowest BCUT2D eigenvalue weighted by Gasteiger charge is -2.26. The maximum atomic E-state index is 14.5. The van der Waals surface area contributed by atoms with Gasteiger partial charge in [-0.1, -0.05) is 56.9 Å². The van der Waals surface area contributed by atoms with Crippen LogP contribution in [0.3, 0.4) is 0 Å². The minimum Gasteiger partial charge on any atom is -0.369 e. The molecule has 0 spiro atoms. The average Bonchev–Trinajstić information content (AvgIpc) is 3.21. The van der Waals surface area contributed by atoms with Crippen molar-refractivity contribution in [1.29, 1.82) is 0 Å². The molecule has 0 radical (unpaired) electrons. The number of anilines is 1.